The lowest BCUT2D eigenvalue weighted by Crippen LogP contribution is -2.58. The molecule has 1 spiro atoms. The standard InChI is InChI=1S/C18H26N4O/c23-17-18(21-16-6-2-1-5-15(16)20-17)7-10-22(11-8-18)13-14-4-3-9-19-12-14/h1-2,5-6,14,19,21H,3-4,7-13H2,(H,20,23)/t14-/m1/s1. The molecule has 5 nitrogen and oxygen atoms in total. The van der Waals surface area contributed by atoms with Gasteiger partial charge < -0.3 is 20.9 Å². The summed E-state index contributed by atoms with van der Waals surface area (Å²) in [5.41, 5.74) is 1.53. The Labute approximate surface area is 137 Å². The maximum Gasteiger partial charge on any atom is 0.250 e. The van der Waals surface area contributed by atoms with E-state index in [2.05, 4.69) is 26.9 Å². The second-order valence-corrected chi connectivity index (χ2v) is 7.22. The number of hydrogen-bond donors (Lipinski definition) is 3. The molecule has 5 heteroatoms. The van der Waals surface area contributed by atoms with E-state index < -0.39 is 5.54 Å². The summed E-state index contributed by atoms with van der Waals surface area (Å²) in [6.07, 6.45) is 4.39. The Morgan fingerprint density at radius 1 is 1.17 bits per heavy atom. The van der Waals surface area contributed by atoms with Gasteiger partial charge in [-0.05, 0) is 56.8 Å². The van der Waals surface area contributed by atoms with E-state index in [9.17, 15) is 4.79 Å². The summed E-state index contributed by atoms with van der Waals surface area (Å²) in [4.78, 5) is 15.2. The summed E-state index contributed by atoms with van der Waals surface area (Å²) in [7, 11) is 0. The van der Waals surface area contributed by atoms with Gasteiger partial charge in [0, 0.05) is 19.6 Å². The number of fused-ring (bicyclic) bond motifs is 1. The summed E-state index contributed by atoms with van der Waals surface area (Å²) < 4.78 is 0. The van der Waals surface area contributed by atoms with Crippen molar-refractivity contribution in [2.24, 2.45) is 5.92 Å². The number of likely N-dealkylation sites (tertiary alicyclic amines) is 1. The molecule has 0 bridgehead atoms. The Morgan fingerprint density at radius 2 is 1.96 bits per heavy atom. The van der Waals surface area contributed by atoms with Gasteiger partial charge in [-0.3, -0.25) is 4.79 Å². The van der Waals surface area contributed by atoms with Crippen LogP contribution in [0.5, 0.6) is 0 Å². The van der Waals surface area contributed by atoms with Gasteiger partial charge in [-0.1, -0.05) is 12.1 Å². The molecule has 2 fully saturated rings. The molecule has 1 amide bonds. The second-order valence-electron chi connectivity index (χ2n) is 7.22. The minimum atomic E-state index is -0.421. The Bertz CT molecular complexity index is 574. The molecule has 3 heterocycles. The summed E-state index contributed by atoms with van der Waals surface area (Å²) in [6.45, 7) is 5.48. The Kier molecular flexibility index (Phi) is 3.99. The number of nitrogens with one attached hydrogen (secondary N) is 3. The zero-order valence-electron chi connectivity index (χ0n) is 13.6. The molecule has 0 aromatic heterocycles. The summed E-state index contributed by atoms with van der Waals surface area (Å²) in [5, 5.41) is 10.1. The second kappa shape index (κ2) is 6.13. The highest BCUT2D eigenvalue weighted by atomic mass is 16.2. The smallest absolute Gasteiger partial charge is 0.250 e. The van der Waals surface area contributed by atoms with Gasteiger partial charge in [0.25, 0.3) is 0 Å². The highest BCUT2D eigenvalue weighted by Gasteiger charge is 2.44. The zero-order chi connectivity index (χ0) is 15.7. The van der Waals surface area contributed by atoms with E-state index in [0.29, 0.717) is 0 Å². The highest BCUT2D eigenvalue weighted by Crippen LogP contribution is 2.36. The average Bonchev–Trinajstić information content (AvgIpc) is 2.59. The summed E-state index contributed by atoms with van der Waals surface area (Å²) in [5.74, 6) is 0.904. The third-order valence-electron chi connectivity index (χ3n) is 5.61. The van der Waals surface area contributed by atoms with Crippen LogP contribution in [0, 0.1) is 5.92 Å². The Balaban J connectivity index is 1.39. The van der Waals surface area contributed by atoms with Crippen molar-refractivity contribution in [3.63, 3.8) is 0 Å². The SMILES string of the molecule is O=C1Nc2ccccc2NC12CCN(C[C@@H]1CCCNC1)CC2. The number of hydrogen-bond acceptors (Lipinski definition) is 4. The number of carbonyl (C=O) groups excluding carboxylic acids is 1. The molecule has 124 valence electrons. The van der Waals surface area contributed by atoms with Gasteiger partial charge in [-0.25, -0.2) is 0 Å². The van der Waals surface area contributed by atoms with Gasteiger partial charge in [0.1, 0.15) is 5.54 Å². The summed E-state index contributed by atoms with van der Waals surface area (Å²) >= 11 is 0. The van der Waals surface area contributed by atoms with Crippen LogP contribution < -0.4 is 16.0 Å². The van der Waals surface area contributed by atoms with Crippen LogP contribution in [-0.4, -0.2) is 49.1 Å². The maximum absolute atomic E-state index is 12.6. The van der Waals surface area contributed by atoms with Crippen molar-refractivity contribution in [1.29, 1.82) is 0 Å². The number of para-hydroxylation sites is 2. The zero-order valence-corrected chi connectivity index (χ0v) is 13.6. The molecule has 3 aliphatic heterocycles. The molecule has 0 saturated carbocycles. The van der Waals surface area contributed by atoms with Crippen LogP contribution in [-0.2, 0) is 4.79 Å². The molecule has 0 aliphatic carbocycles. The molecule has 0 radical (unpaired) electrons. The predicted octanol–water partition coefficient (Wildman–Crippen LogP) is 1.88. The van der Waals surface area contributed by atoms with Gasteiger partial charge in [-0.15, -0.1) is 0 Å². The van der Waals surface area contributed by atoms with Crippen LogP contribution in [0.3, 0.4) is 0 Å². The van der Waals surface area contributed by atoms with Crippen molar-refractivity contribution < 1.29 is 4.79 Å². The molecule has 1 atom stereocenters. The number of anilines is 2. The monoisotopic (exact) mass is 314 g/mol. The number of nitrogens with zero attached hydrogens (tertiary/aromatic N) is 1. The Hall–Kier alpha value is -1.59. The van der Waals surface area contributed by atoms with E-state index in [0.717, 1.165) is 49.8 Å². The van der Waals surface area contributed by atoms with E-state index in [1.54, 1.807) is 0 Å². The fourth-order valence-electron chi connectivity index (χ4n) is 4.17. The van der Waals surface area contributed by atoms with Gasteiger partial charge in [0.05, 0.1) is 11.4 Å². The highest BCUT2D eigenvalue weighted by molar-refractivity contribution is 6.06. The lowest BCUT2D eigenvalue weighted by molar-refractivity contribution is -0.122. The third kappa shape index (κ3) is 2.95. The molecule has 1 aromatic rings. The number of amides is 1. The fraction of sp³-hybridized carbons (Fsp3) is 0.611. The van der Waals surface area contributed by atoms with Gasteiger partial charge in [-0.2, -0.15) is 0 Å². The molecule has 4 rings (SSSR count). The average molecular weight is 314 g/mol. The van der Waals surface area contributed by atoms with Crippen LogP contribution >= 0.6 is 0 Å². The lowest BCUT2D eigenvalue weighted by Gasteiger charge is -2.45. The normalized spacial score (nSPS) is 27.1. The van der Waals surface area contributed by atoms with Crippen LogP contribution in [0.2, 0.25) is 0 Å². The predicted molar refractivity (Wildman–Crippen MR) is 92.7 cm³/mol. The van der Waals surface area contributed by atoms with Crippen LogP contribution in [0.15, 0.2) is 24.3 Å². The molecule has 2 saturated heterocycles. The maximum atomic E-state index is 12.6. The summed E-state index contributed by atoms with van der Waals surface area (Å²) in [6, 6.07) is 7.98. The van der Waals surface area contributed by atoms with E-state index in [-0.39, 0.29) is 5.91 Å². The Morgan fingerprint density at radius 3 is 2.70 bits per heavy atom. The van der Waals surface area contributed by atoms with Crippen molar-refractivity contribution in [3.8, 4) is 0 Å². The van der Waals surface area contributed by atoms with Crippen molar-refractivity contribution in [2.45, 2.75) is 31.2 Å². The fourth-order valence-corrected chi connectivity index (χ4v) is 4.17. The van der Waals surface area contributed by atoms with Crippen LogP contribution in [0.1, 0.15) is 25.7 Å². The first-order chi connectivity index (χ1) is 11.3. The molecular formula is C18H26N4O. The molecule has 3 aliphatic rings. The first kappa shape index (κ1) is 15.0. The van der Waals surface area contributed by atoms with E-state index in [4.69, 9.17) is 0 Å². The minimum Gasteiger partial charge on any atom is -0.369 e. The number of rotatable bonds is 2. The minimum absolute atomic E-state index is 0.134. The number of benzene rings is 1. The molecule has 0 unspecified atom stereocenters. The van der Waals surface area contributed by atoms with Crippen molar-refractivity contribution in [3.05, 3.63) is 24.3 Å². The third-order valence-corrected chi connectivity index (χ3v) is 5.61. The van der Waals surface area contributed by atoms with Gasteiger partial charge >= 0.3 is 0 Å². The topological polar surface area (TPSA) is 56.4 Å². The van der Waals surface area contributed by atoms with Crippen molar-refractivity contribution in [2.75, 3.05) is 43.4 Å². The van der Waals surface area contributed by atoms with E-state index in [1.807, 2.05) is 18.2 Å². The number of piperidine rings is 2. The first-order valence-electron chi connectivity index (χ1n) is 8.87. The molecule has 3 N–H and O–H groups in total. The first-order valence-corrected chi connectivity index (χ1v) is 8.87. The van der Waals surface area contributed by atoms with Gasteiger partial charge in [0.15, 0.2) is 0 Å². The van der Waals surface area contributed by atoms with Crippen molar-refractivity contribution >= 4 is 17.3 Å². The molecular weight excluding hydrogens is 288 g/mol. The van der Waals surface area contributed by atoms with E-state index in [1.165, 1.54) is 25.9 Å². The number of carbonyl (C=O) groups is 1. The van der Waals surface area contributed by atoms with Gasteiger partial charge in [0.2, 0.25) is 5.91 Å². The molecule has 1 aromatic carbocycles. The van der Waals surface area contributed by atoms with Crippen LogP contribution in [0.25, 0.3) is 0 Å². The largest absolute Gasteiger partial charge is 0.369 e. The molecule has 23 heavy (non-hydrogen) atoms. The van der Waals surface area contributed by atoms with Crippen LogP contribution in [0.4, 0.5) is 11.4 Å². The van der Waals surface area contributed by atoms with Crippen molar-refractivity contribution in [1.82, 2.24) is 10.2 Å². The van der Waals surface area contributed by atoms with E-state index >= 15 is 0 Å². The quantitative estimate of drug-likeness (QED) is 0.780. The lowest BCUT2D eigenvalue weighted by atomic mass is 9.84.